The van der Waals surface area contributed by atoms with Crippen molar-refractivity contribution in [1.82, 2.24) is 4.90 Å². The molecular formula is C16H18FNO. The molecule has 2 nitrogen and oxygen atoms in total. The molecule has 0 saturated heterocycles. The van der Waals surface area contributed by atoms with Crippen LogP contribution in [0.1, 0.15) is 11.1 Å². The van der Waals surface area contributed by atoms with Crippen LogP contribution in [0, 0.1) is 5.82 Å². The molecule has 2 aromatic rings. The monoisotopic (exact) mass is 259 g/mol. The molecular weight excluding hydrogens is 241 g/mol. The molecule has 0 N–H and O–H groups in total. The zero-order valence-corrected chi connectivity index (χ0v) is 11.3. The van der Waals surface area contributed by atoms with E-state index in [9.17, 15) is 4.39 Å². The molecule has 0 unspecified atom stereocenters. The van der Waals surface area contributed by atoms with E-state index < -0.39 is 0 Å². The lowest BCUT2D eigenvalue weighted by Gasteiger charge is -2.17. The molecule has 0 aromatic heterocycles. The number of halogens is 1. The predicted octanol–water partition coefficient (Wildman–Crippen LogP) is 3.47. The lowest BCUT2D eigenvalue weighted by Crippen LogP contribution is -2.17. The molecule has 2 aromatic carbocycles. The average Bonchev–Trinajstić information content (AvgIpc) is 2.38. The van der Waals surface area contributed by atoms with Crippen LogP contribution in [0.4, 0.5) is 4.39 Å². The Morgan fingerprint density at radius 1 is 1.00 bits per heavy atom. The Bertz CT molecular complexity index is 542. The van der Waals surface area contributed by atoms with Gasteiger partial charge in [0.15, 0.2) is 0 Å². The van der Waals surface area contributed by atoms with Gasteiger partial charge in [-0.1, -0.05) is 24.3 Å². The van der Waals surface area contributed by atoms with E-state index in [0.29, 0.717) is 0 Å². The van der Waals surface area contributed by atoms with Crippen LogP contribution in [0.15, 0.2) is 48.5 Å². The van der Waals surface area contributed by atoms with Gasteiger partial charge >= 0.3 is 0 Å². The van der Waals surface area contributed by atoms with Crippen molar-refractivity contribution < 1.29 is 9.13 Å². The van der Waals surface area contributed by atoms with Crippen LogP contribution >= 0.6 is 0 Å². The van der Waals surface area contributed by atoms with Gasteiger partial charge < -0.3 is 4.74 Å². The third-order valence-corrected chi connectivity index (χ3v) is 2.93. The number of methoxy groups -OCH3 is 1. The first-order valence-electron chi connectivity index (χ1n) is 6.23. The van der Waals surface area contributed by atoms with E-state index in [-0.39, 0.29) is 5.82 Å². The minimum Gasteiger partial charge on any atom is -0.497 e. The number of benzene rings is 2. The van der Waals surface area contributed by atoms with Crippen molar-refractivity contribution in [2.75, 3.05) is 14.2 Å². The van der Waals surface area contributed by atoms with Crippen molar-refractivity contribution in [1.29, 1.82) is 0 Å². The lowest BCUT2D eigenvalue weighted by atomic mass is 10.1. The average molecular weight is 259 g/mol. The molecule has 19 heavy (non-hydrogen) atoms. The number of ether oxygens (including phenoxy) is 1. The highest BCUT2D eigenvalue weighted by atomic mass is 19.1. The van der Waals surface area contributed by atoms with Gasteiger partial charge in [-0.3, -0.25) is 4.90 Å². The largest absolute Gasteiger partial charge is 0.497 e. The maximum Gasteiger partial charge on any atom is 0.123 e. The summed E-state index contributed by atoms with van der Waals surface area (Å²) in [4.78, 5) is 2.14. The Morgan fingerprint density at radius 3 is 2.26 bits per heavy atom. The SMILES string of the molecule is COc1cccc(CN(C)Cc2cccc(F)c2)c1. The molecule has 0 spiro atoms. The fraction of sp³-hybridized carbons (Fsp3) is 0.250. The first-order chi connectivity index (χ1) is 9.17. The fourth-order valence-electron chi connectivity index (χ4n) is 2.09. The second kappa shape index (κ2) is 6.34. The summed E-state index contributed by atoms with van der Waals surface area (Å²) in [6, 6.07) is 14.7. The molecule has 0 bridgehead atoms. The molecule has 0 atom stereocenters. The van der Waals surface area contributed by atoms with Crippen LogP contribution in [0.3, 0.4) is 0 Å². The lowest BCUT2D eigenvalue weighted by molar-refractivity contribution is 0.317. The molecule has 0 amide bonds. The standard InChI is InChI=1S/C16H18FNO/c1-18(11-13-5-3-7-15(17)9-13)12-14-6-4-8-16(10-14)19-2/h3-10H,11-12H2,1-2H3. The molecule has 0 fully saturated rings. The molecule has 0 aliphatic carbocycles. The van der Waals surface area contributed by atoms with Gasteiger partial charge in [-0.25, -0.2) is 4.39 Å². The van der Waals surface area contributed by atoms with Gasteiger partial charge in [-0.05, 0) is 42.4 Å². The molecule has 3 heteroatoms. The molecule has 0 aliphatic heterocycles. The number of hydrogen-bond acceptors (Lipinski definition) is 2. The Kier molecular flexibility index (Phi) is 4.53. The molecule has 100 valence electrons. The summed E-state index contributed by atoms with van der Waals surface area (Å²) in [5.74, 6) is 0.670. The summed E-state index contributed by atoms with van der Waals surface area (Å²) >= 11 is 0. The van der Waals surface area contributed by atoms with E-state index in [1.54, 1.807) is 19.2 Å². The first-order valence-corrected chi connectivity index (χ1v) is 6.23. The summed E-state index contributed by atoms with van der Waals surface area (Å²) in [5, 5.41) is 0. The number of hydrogen-bond donors (Lipinski definition) is 0. The van der Waals surface area contributed by atoms with E-state index in [0.717, 1.165) is 24.4 Å². The summed E-state index contributed by atoms with van der Waals surface area (Å²) in [6.45, 7) is 1.52. The third kappa shape index (κ3) is 4.07. The fourth-order valence-corrected chi connectivity index (χ4v) is 2.09. The minimum atomic E-state index is -0.188. The Balaban J connectivity index is 1.98. The van der Waals surface area contributed by atoms with Crippen LogP contribution in [-0.2, 0) is 13.1 Å². The van der Waals surface area contributed by atoms with Gasteiger partial charge in [-0.15, -0.1) is 0 Å². The van der Waals surface area contributed by atoms with Crippen molar-refractivity contribution >= 4 is 0 Å². The van der Waals surface area contributed by atoms with Crippen LogP contribution in [-0.4, -0.2) is 19.1 Å². The summed E-state index contributed by atoms with van der Waals surface area (Å²) < 4.78 is 18.3. The second-order valence-electron chi connectivity index (χ2n) is 4.65. The van der Waals surface area contributed by atoms with E-state index in [1.165, 1.54) is 11.6 Å². The van der Waals surface area contributed by atoms with Gasteiger partial charge in [-0.2, -0.15) is 0 Å². The van der Waals surface area contributed by atoms with E-state index in [4.69, 9.17) is 4.74 Å². The zero-order chi connectivity index (χ0) is 13.7. The summed E-state index contributed by atoms with van der Waals surface area (Å²) in [5.41, 5.74) is 2.16. The summed E-state index contributed by atoms with van der Waals surface area (Å²) in [7, 11) is 3.68. The predicted molar refractivity (Wildman–Crippen MR) is 74.6 cm³/mol. The maximum absolute atomic E-state index is 13.1. The van der Waals surface area contributed by atoms with E-state index in [2.05, 4.69) is 11.0 Å². The highest BCUT2D eigenvalue weighted by Gasteiger charge is 2.03. The molecule has 2 rings (SSSR count). The normalized spacial score (nSPS) is 10.7. The van der Waals surface area contributed by atoms with Crippen LogP contribution in [0.25, 0.3) is 0 Å². The van der Waals surface area contributed by atoms with Crippen molar-refractivity contribution in [3.05, 3.63) is 65.5 Å². The maximum atomic E-state index is 13.1. The highest BCUT2D eigenvalue weighted by molar-refractivity contribution is 5.28. The Morgan fingerprint density at radius 2 is 1.63 bits per heavy atom. The Labute approximate surface area is 113 Å². The first kappa shape index (κ1) is 13.6. The second-order valence-corrected chi connectivity index (χ2v) is 4.65. The van der Waals surface area contributed by atoms with Crippen molar-refractivity contribution in [2.24, 2.45) is 0 Å². The van der Waals surface area contributed by atoms with Gasteiger partial charge in [0.1, 0.15) is 11.6 Å². The Hall–Kier alpha value is -1.87. The molecule has 0 aliphatic rings. The highest BCUT2D eigenvalue weighted by Crippen LogP contribution is 2.15. The van der Waals surface area contributed by atoms with Crippen molar-refractivity contribution in [2.45, 2.75) is 13.1 Å². The molecule has 0 heterocycles. The zero-order valence-electron chi connectivity index (χ0n) is 11.3. The van der Waals surface area contributed by atoms with Crippen molar-refractivity contribution in [3.8, 4) is 5.75 Å². The van der Waals surface area contributed by atoms with E-state index in [1.807, 2.05) is 31.3 Å². The third-order valence-electron chi connectivity index (χ3n) is 2.93. The summed E-state index contributed by atoms with van der Waals surface area (Å²) in [6.07, 6.45) is 0. The smallest absolute Gasteiger partial charge is 0.123 e. The van der Waals surface area contributed by atoms with E-state index >= 15 is 0 Å². The van der Waals surface area contributed by atoms with Crippen LogP contribution < -0.4 is 4.74 Å². The number of rotatable bonds is 5. The van der Waals surface area contributed by atoms with Gasteiger partial charge in [0, 0.05) is 13.1 Å². The topological polar surface area (TPSA) is 12.5 Å². The van der Waals surface area contributed by atoms with Crippen LogP contribution in [0.2, 0.25) is 0 Å². The van der Waals surface area contributed by atoms with Gasteiger partial charge in [0.2, 0.25) is 0 Å². The number of nitrogens with zero attached hydrogens (tertiary/aromatic N) is 1. The van der Waals surface area contributed by atoms with Gasteiger partial charge in [0.25, 0.3) is 0 Å². The van der Waals surface area contributed by atoms with Gasteiger partial charge in [0.05, 0.1) is 7.11 Å². The minimum absolute atomic E-state index is 0.188. The quantitative estimate of drug-likeness (QED) is 0.815. The van der Waals surface area contributed by atoms with Crippen LogP contribution in [0.5, 0.6) is 5.75 Å². The van der Waals surface area contributed by atoms with Crippen molar-refractivity contribution in [3.63, 3.8) is 0 Å². The molecule has 0 saturated carbocycles. The molecule has 0 radical (unpaired) electrons.